The van der Waals surface area contributed by atoms with Crippen molar-refractivity contribution in [1.29, 1.82) is 0 Å². The molecule has 1 saturated heterocycles. The summed E-state index contributed by atoms with van der Waals surface area (Å²) >= 11 is 0. The van der Waals surface area contributed by atoms with Crippen molar-refractivity contribution in [3.05, 3.63) is 60.6 Å². The molecule has 2 aromatic heterocycles. The summed E-state index contributed by atoms with van der Waals surface area (Å²) in [4.78, 5) is 26.9. The van der Waals surface area contributed by atoms with E-state index in [9.17, 15) is 9.59 Å². The van der Waals surface area contributed by atoms with E-state index >= 15 is 0 Å². The molecule has 0 aliphatic carbocycles. The summed E-state index contributed by atoms with van der Waals surface area (Å²) in [5.74, 6) is 0.509. The largest absolute Gasteiger partial charge is 0.495 e. The van der Waals surface area contributed by atoms with Gasteiger partial charge in [-0.2, -0.15) is 0 Å². The fourth-order valence-electron chi connectivity index (χ4n) is 3.94. The number of benzene rings is 2. The number of ether oxygens (including phenoxy) is 1. The molecule has 1 aliphatic heterocycles. The molecule has 5 rings (SSSR count). The van der Waals surface area contributed by atoms with Gasteiger partial charge in [-0.25, -0.2) is 0 Å². The van der Waals surface area contributed by atoms with Gasteiger partial charge in [0, 0.05) is 29.8 Å². The molecule has 7 heteroatoms. The maximum atomic E-state index is 12.9. The first-order valence-electron chi connectivity index (χ1n) is 9.72. The highest BCUT2D eigenvalue weighted by Gasteiger charge is 2.35. The van der Waals surface area contributed by atoms with E-state index in [0.717, 1.165) is 16.4 Å². The number of rotatable bonds is 5. The smallest absolute Gasteiger partial charge is 0.229 e. The van der Waals surface area contributed by atoms with Crippen LogP contribution in [0.1, 0.15) is 12.2 Å². The standard InChI is InChI=1S/C23H20N2O5/c1-28-21-10-17-16-6-2-3-7-19(16)30-20(17)11-18(21)24-23(27)14-9-22(26)25(12-14)13-15-5-4-8-29-15/h2-8,10-11,14H,9,12-13H2,1H3,(H,24,27)/t14-/m0/s1. The van der Waals surface area contributed by atoms with Crippen LogP contribution in [0.4, 0.5) is 5.69 Å². The van der Waals surface area contributed by atoms with Crippen molar-refractivity contribution in [1.82, 2.24) is 4.90 Å². The zero-order valence-electron chi connectivity index (χ0n) is 16.4. The number of carbonyl (C=O) groups excluding carboxylic acids is 2. The Labute approximate surface area is 172 Å². The Morgan fingerprint density at radius 2 is 2.03 bits per heavy atom. The molecule has 0 radical (unpaired) electrons. The van der Waals surface area contributed by atoms with Crippen molar-refractivity contribution in [3.63, 3.8) is 0 Å². The molecule has 0 saturated carbocycles. The lowest BCUT2D eigenvalue weighted by Crippen LogP contribution is -2.28. The second-order valence-electron chi connectivity index (χ2n) is 7.39. The van der Waals surface area contributed by atoms with Gasteiger partial charge < -0.3 is 23.8 Å². The van der Waals surface area contributed by atoms with Crippen LogP contribution in [0.15, 0.2) is 63.6 Å². The van der Waals surface area contributed by atoms with Crippen LogP contribution in [-0.4, -0.2) is 30.4 Å². The Bertz CT molecular complexity index is 1240. The van der Waals surface area contributed by atoms with Crippen LogP contribution in [-0.2, 0) is 16.1 Å². The summed E-state index contributed by atoms with van der Waals surface area (Å²) in [6, 6.07) is 15.0. The number of carbonyl (C=O) groups is 2. The van der Waals surface area contributed by atoms with E-state index in [1.165, 1.54) is 0 Å². The molecular formula is C23H20N2O5. The van der Waals surface area contributed by atoms with E-state index in [1.54, 1.807) is 30.4 Å². The number of likely N-dealkylation sites (tertiary alicyclic amines) is 1. The Hall–Kier alpha value is -3.74. The van der Waals surface area contributed by atoms with Gasteiger partial charge in [0.05, 0.1) is 31.5 Å². The number of hydrogen-bond donors (Lipinski definition) is 1. The number of nitrogens with one attached hydrogen (secondary N) is 1. The second-order valence-corrected chi connectivity index (χ2v) is 7.39. The molecular weight excluding hydrogens is 384 g/mol. The number of furan rings is 2. The molecule has 0 unspecified atom stereocenters. The van der Waals surface area contributed by atoms with E-state index in [-0.39, 0.29) is 18.2 Å². The number of nitrogens with zero attached hydrogens (tertiary/aromatic N) is 1. The first-order valence-corrected chi connectivity index (χ1v) is 9.72. The van der Waals surface area contributed by atoms with Gasteiger partial charge in [0.15, 0.2) is 0 Å². The van der Waals surface area contributed by atoms with Gasteiger partial charge in [-0.15, -0.1) is 0 Å². The third kappa shape index (κ3) is 3.18. The van der Waals surface area contributed by atoms with Gasteiger partial charge in [-0.3, -0.25) is 9.59 Å². The molecule has 0 bridgehead atoms. The molecule has 1 fully saturated rings. The molecule has 7 nitrogen and oxygen atoms in total. The van der Waals surface area contributed by atoms with Crippen LogP contribution < -0.4 is 10.1 Å². The highest BCUT2D eigenvalue weighted by atomic mass is 16.5. The minimum atomic E-state index is -0.441. The molecule has 1 aliphatic rings. The summed E-state index contributed by atoms with van der Waals surface area (Å²) in [5.41, 5.74) is 1.95. The van der Waals surface area contributed by atoms with Gasteiger partial charge >= 0.3 is 0 Å². The molecule has 2 aromatic carbocycles. The van der Waals surface area contributed by atoms with Crippen LogP contribution in [0.3, 0.4) is 0 Å². The molecule has 1 N–H and O–H groups in total. The molecule has 0 spiro atoms. The minimum Gasteiger partial charge on any atom is -0.495 e. The molecule has 1 atom stereocenters. The predicted molar refractivity (Wildman–Crippen MR) is 111 cm³/mol. The van der Waals surface area contributed by atoms with E-state index < -0.39 is 5.92 Å². The summed E-state index contributed by atoms with van der Waals surface area (Å²) in [5, 5.41) is 4.82. The summed E-state index contributed by atoms with van der Waals surface area (Å²) < 4.78 is 16.7. The minimum absolute atomic E-state index is 0.0637. The SMILES string of the molecule is COc1cc2c(cc1NC(=O)[C@H]1CC(=O)N(Cc3ccco3)C1)oc1ccccc12. The van der Waals surface area contributed by atoms with Crippen molar-refractivity contribution in [2.24, 2.45) is 5.92 Å². The number of para-hydroxylation sites is 1. The van der Waals surface area contributed by atoms with E-state index in [4.69, 9.17) is 13.6 Å². The van der Waals surface area contributed by atoms with E-state index in [2.05, 4.69) is 5.32 Å². The normalized spacial score (nSPS) is 16.5. The third-order valence-corrected chi connectivity index (χ3v) is 5.47. The quantitative estimate of drug-likeness (QED) is 0.540. The van der Waals surface area contributed by atoms with Gasteiger partial charge in [-0.05, 0) is 24.3 Å². The molecule has 3 heterocycles. The summed E-state index contributed by atoms with van der Waals surface area (Å²) in [6.45, 7) is 0.713. The zero-order chi connectivity index (χ0) is 20.7. The first-order chi connectivity index (χ1) is 14.6. The highest BCUT2D eigenvalue weighted by molar-refractivity contribution is 6.08. The maximum Gasteiger partial charge on any atom is 0.229 e. The third-order valence-electron chi connectivity index (χ3n) is 5.47. The number of methoxy groups -OCH3 is 1. The Kier molecular flexibility index (Phi) is 4.43. The lowest BCUT2D eigenvalue weighted by Gasteiger charge is -2.16. The van der Waals surface area contributed by atoms with Crippen LogP contribution in [0.25, 0.3) is 21.9 Å². The molecule has 152 valence electrons. The lowest BCUT2D eigenvalue weighted by atomic mass is 10.1. The molecule has 30 heavy (non-hydrogen) atoms. The molecule has 4 aromatic rings. The van der Waals surface area contributed by atoms with Gasteiger partial charge in [0.1, 0.15) is 22.7 Å². The number of fused-ring (bicyclic) bond motifs is 3. The van der Waals surface area contributed by atoms with Crippen LogP contribution >= 0.6 is 0 Å². The fourth-order valence-corrected chi connectivity index (χ4v) is 3.94. The van der Waals surface area contributed by atoms with Crippen LogP contribution in [0, 0.1) is 5.92 Å². The van der Waals surface area contributed by atoms with Crippen molar-refractivity contribution >= 4 is 39.4 Å². The van der Waals surface area contributed by atoms with Crippen molar-refractivity contribution < 1.29 is 23.2 Å². The van der Waals surface area contributed by atoms with Crippen molar-refractivity contribution in [2.45, 2.75) is 13.0 Å². The number of amides is 2. The fraction of sp³-hybridized carbons (Fsp3) is 0.217. The first kappa shape index (κ1) is 18.3. The van der Waals surface area contributed by atoms with Gasteiger partial charge in [0.25, 0.3) is 0 Å². The van der Waals surface area contributed by atoms with E-state index in [0.29, 0.717) is 35.9 Å². The number of hydrogen-bond acceptors (Lipinski definition) is 5. The number of anilines is 1. The second kappa shape index (κ2) is 7.26. The highest BCUT2D eigenvalue weighted by Crippen LogP contribution is 2.36. The molecule has 2 amide bonds. The topological polar surface area (TPSA) is 84.9 Å². The summed E-state index contributed by atoms with van der Waals surface area (Å²) in [7, 11) is 1.56. The Morgan fingerprint density at radius 1 is 1.17 bits per heavy atom. The maximum absolute atomic E-state index is 12.9. The zero-order valence-corrected chi connectivity index (χ0v) is 16.4. The van der Waals surface area contributed by atoms with Crippen LogP contribution in [0.5, 0.6) is 5.75 Å². The monoisotopic (exact) mass is 404 g/mol. The van der Waals surface area contributed by atoms with Crippen LogP contribution in [0.2, 0.25) is 0 Å². The van der Waals surface area contributed by atoms with Gasteiger partial charge in [-0.1, -0.05) is 18.2 Å². The average molecular weight is 404 g/mol. The lowest BCUT2D eigenvalue weighted by molar-refractivity contribution is -0.128. The Morgan fingerprint density at radius 3 is 2.83 bits per heavy atom. The van der Waals surface area contributed by atoms with Crippen molar-refractivity contribution in [3.8, 4) is 5.75 Å². The Balaban J connectivity index is 1.37. The van der Waals surface area contributed by atoms with E-state index in [1.807, 2.05) is 36.4 Å². The predicted octanol–water partition coefficient (Wildman–Crippen LogP) is 4.17. The van der Waals surface area contributed by atoms with Crippen molar-refractivity contribution in [2.75, 3.05) is 19.0 Å². The van der Waals surface area contributed by atoms with Gasteiger partial charge in [0.2, 0.25) is 11.8 Å². The average Bonchev–Trinajstić information content (AvgIpc) is 3.47. The summed E-state index contributed by atoms with van der Waals surface area (Å²) in [6.07, 6.45) is 1.74.